The van der Waals surface area contributed by atoms with Crippen LogP contribution >= 0.6 is 0 Å². The molecule has 2 unspecified atom stereocenters. The van der Waals surface area contributed by atoms with Gasteiger partial charge in [-0.1, -0.05) is 85.5 Å². The van der Waals surface area contributed by atoms with Gasteiger partial charge in [0.15, 0.2) is 0 Å². The first-order valence-corrected chi connectivity index (χ1v) is 9.74. The fourth-order valence-corrected chi connectivity index (χ4v) is 3.02. The van der Waals surface area contributed by atoms with E-state index in [4.69, 9.17) is 9.84 Å². The lowest BCUT2D eigenvalue weighted by atomic mass is 9.92. The van der Waals surface area contributed by atoms with Gasteiger partial charge in [0.1, 0.15) is 0 Å². The van der Waals surface area contributed by atoms with Gasteiger partial charge in [0.25, 0.3) is 0 Å². The van der Waals surface area contributed by atoms with Crippen LogP contribution in [0.25, 0.3) is 0 Å². The van der Waals surface area contributed by atoms with Gasteiger partial charge in [0, 0.05) is 6.61 Å². The van der Waals surface area contributed by atoms with Gasteiger partial charge in [-0.2, -0.15) is 0 Å². The van der Waals surface area contributed by atoms with Crippen LogP contribution in [0.4, 0.5) is 0 Å². The molecule has 0 saturated carbocycles. The standard InChI is InChI=1S/C20H42O2/c1-18(2)10-8-12-20(4)14-9-13-19(3)11-6-5-7-16-22-17-15-21/h18-21H,5-17H2,1-4H3. The molecule has 0 aromatic carbocycles. The molecule has 134 valence electrons. The fraction of sp³-hybridized carbons (Fsp3) is 1.00. The molecule has 0 radical (unpaired) electrons. The zero-order chi connectivity index (χ0) is 16.6. The van der Waals surface area contributed by atoms with Crippen LogP contribution in [0, 0.1) is 17.8 Å². The Kier molecular flexibility index (Phi) is 15.7. The minimum absolute atomic E-state index is 0.146. The summed E-state index contributed by atoms with van der Waals surface area (Å²) in [6, 6.07) is 0. The molecule has 0 aliphatic rings. The molecule has 0 amide bonds. The van der Waals surface area contributed by atoms with E-state index in [0.29, 0.717) is 6.61 Å². The van der Waals surface area contributed by atoms with Crippen molar-refractivity contribution >= 4 is 0 Å². The highest BCUT2D eigenvalue weighted by Crippen LogP contribution is 2.21. The Labute approximate surface area is 140 Å². The van der Waals surface area contributed by atoms with Crippen LogP contribution in [0.15, 0.2) is 0 Å². The number of rotatable bonds is 16. The number of aliphatic hydroxyl groups is 1. The van der Waals surface area contributed by atoms with Crippen molar-refractivity contribution in [3.05, 3.63) is 0 Å². The molecular weight excluding hydrogens is 272 g/mol. The van der Waals surface area contributed by atoms with E-state index in [2.05, 4.69) is 27.7 Å². The Morgan fingerprint density at radius 2 is 1.18 bits per heavy atom. The summed E-state index contributed by atoms with van der Waals surface area (Å²) in [6.07, 6.45) is 13.5. The van der Waals surface area contributed by atoms with Crippen LogP contribution in [0.3, 0.4) is 0 Å². The Balaban J connectivity index is 3.32. The lowest BCUT2D eigenvalue weighted by Crippen LogP contribution is -2.02. The second-order valence-electron chi connectivity index (χ2n) is 7.65. The average Bonchev–Trinajstić information content (AvgIpc) is 2.46. The molecule has 0 aromatic rings. The van der Waals surface area contributed by atoms with Crippen molar-refractivity contribution in [3.8, 4) is 0 Å². The molecule has 0 heterocycles. The monoisotopic (exact) mass is 314 g/mol. The number of hydrogen-bond acceptors (Lipinski definition) is 2. The van der Waals surface area contributed by atoms with Gasteiger partial charge in [-0.15, -0.1) is 0 Å². The summed E-state index contributed by atoms with van der Waals surface area (Å²) in [6.45, 7) is 10.9. The molecule has 1 N–H and O–H groups in total. The second-order valence-corrected chi connectivity index (χ2v) is 7.65. The van der Waals surface area contributed by atoms with Crippen LogP contribution < -0.4 is 0 Å². The maximum atomic E-state index is 8.61. The van der Waals surface area contributed by atoms with E-state index < -0.39 is 0 Å². The van der Waals surface area contributed by atoms with E-state index in [1.54, 1.807) is 0 Å². The van der Waals surface area contributed by atoms with Crippen LogP contribution in [0.1, 0.15) is 91.9 Å². The fourth-order valence-electron chi connectivity index (χ4n) is 3.02. The molecule has 0 spiro atoms. The minimum Gasteiger partial charge on any atom is -0.394 e. The van der Waals surface area contributed by atoms with Crippen LogP contribution in [-0.4, -0.2) is 24.9 Å². The summed E-state index contributed by atoms with van der Waals surface area (Å²) in [7, 11) is 0. The molecule has 0 aliphatic carbocycles. The molecule has 22 heavy (non-hydrogen) atoms. The second kappa shape index (κ2) is 15.8. The van der Waals surface area contributed by atoms with E-state index in [9.17, 15) is 0 Å². The van der Waals surface area contributed by atoms with Gasteiger partial charge in [0.2, 0.25) is 0 Å². The zero-order valence-corrected chi connectivity index (χ0v) is 15.8. The van der Waals surface area contributed by atoms with Crippen molar-refractivity contribution in [2.45, 2.75) is 91.9 Å². The predicted octanol–water partition coefficient (Wildman–Crippen LogP) is 5.82. The van der Waals surface area contributed by atoms with Crippen molar-refractivity contribution in [3.63, 3.8) is 0 Å². The maximum Gasteiger partial charge on any atom is 0.0697 e. The van der Waals surface area contributed by atoms with Crippen LogP contribution in [0.5, 0.6) is 0 Å². The quantitative estimate of drug-likeness (QED) is 0.363. The summed E-state index contributed by atoms with van der Waals surface area (Å²) in [4.78, 5) is 0. The van der Waals surface area contributed by atoms with Gasteiger partial charge in [-0.05, 0) is 24.2 Å². The third kappa shape index (κ3) is 16.3. The number of ether oxygens (including phenoxy) is 1. The molecule has 0 rings (SSSR count). The molecule has 0 saturated heterocycles. The third-order valence-corrected chi connectivity index (χ3v) is 4.59. The molecule has 0 fully saturated rings. The van der Waals surface area contributed by atoms with Crippen molar-refractivity contribution < 1.29 is 9.84 Å². The van der Waals surface area contributed by atoms with E-state index >= 15 is 0 Å². The highest BCUT2D eigenvalue weighted by molar-refractivity contribution is 4.59. The van der Waals surface area contributed by atoms with E-state index in [1.807, 2.05) is 0 Å². The molecule has 2 nitrogen and oxygen atoms in total. The van der Waals surface area contributed by atoms with Gasteiger partial charge in [-0.3, -0.25) is 0 Å². The highest BCUT2D eigenvalue weighted by atomic mass is 16.5. The molecule has 0 aromatic heterocycles. The SMILES string of the molecule is CC(C)CCCC(C)CCCC(C)CCCCCOCCO. The summed E-state index contributed by atoms with van der Waals surface area (Å²) in [5.41, 5.74) is 0. The van der Waals surface area contributed by atoms with Crippen molar-refractivity contribution in [2.24, 2.45) is 17.8 Å². The third-order valence-electron chi connectivity index (χ3n) is 4.59. The normalized spacial score (nSPS) is 14.5. The molecule has 2 heteroatoms. The minimum atomic E-state index is 0.146. The summed E-state index contributed by atoms with van der Waals surface area (Å²) in [5, 5.41) is 8.61. The number of aliphatic hydroxyl groups excluding tert-OH is 1. The molecule has 0 bridgehead atoms. The topological polar surface area (TPSA) is 29.5 Å². The van der Waals surface area contributed by atoms with Gasteiger partial charge >= 0.3 is 0 Å². The van der Waals surface area contributed by atoms with Crippen molar-refractivity contribution in [2.75, 3.05) is 19.8 Å². The summed E-state index contributed by atoms with van der Waals surface area (Å²) >= 11 is 0. The Hall–Kier alpha value is -0.0800. The van der Waals surface area contributed by atoms with Crippen molar-refractivity contribution in [1.29, 1.82) is 0 Å². The van der Waals surface area contributed by atoms with Crippen LogP contribution in [-0.2, 0) is 4.74 Å². The van der Waals surface area contributed by atoms with E-state index in [0.717, 1.165) is 30.8 Å². The smallest absolute Gasteiger partial charge is 0.0697 e. The van der Waals surface area contributed by atoms with Gasteiger partial charge in [0.05, 0.1) is 13.2 Å². The Morgan fingerprint density at radius 1 is 0.636 bits per heavy atom. The Bertz CT molecular complexity index is 216. The first kappa shape index (κ1) is 21.9. The van der Waals surface area contributed by atoms with Crippen LogP contribution in [0.2, 0.25) is 0 Å². The lowest BCUT2D eigenvalue weighted by Gasteiger charge is -2.15. The molecule has 0 aliphatic heterocycles. The number of hydrogen-bond donors (Lipinski definition) is 1. The molecular formula is C20H42O2. The van der Waals surface area contributed by atoms with Gasteiger partial charge in [-0.25, -0.2) is 0 Å². The maximum absolute atomic E-state index is 8.61. The van der Waals surface area contributed by atoms with Crippen molar-refractivity contribution in [1.82, 2.24) is 0 Å². The largest absolute Gasteiger partial charge is 0.394 e. The first-order chi connectivity index (χ1) is 10.6. The highest BCUT2D eigenvalue weighted by Gasteiger charge is 2.06. The summed E-state index contributed by atoms with van der Waals surface area (Å²) in [5.74, 6) is 2.65. The number of unbranched alkanes of at least 4 members (excludes halogenated alkanes) is 2. The summed E-state index contributed by atoms with van der Waals surface area (Å²) < 4.78 is 5.28. The predicted molar refractivity (Wildman–Crippen MR) is 97.2 cm³/mol. The molecule has 2 atom stereocenters. The average molecular weight is 315 g/mol. The van der Waals surface area contributed by atoms with Gasteiger partial charge < -0.3 is 9.84 Å². The van der Waals surface area contributed by atoms with E-state index in [1.165, 1.54) is 57.8 Å². The van der Waals surface area contributed by atoms with E-state index in [-0.39, 0.29) is 6.61 Å². The first-order valence-electron chi connectivity index (χ1n) is 9.74. The zero-order valence-electron chi connectivity index (χ0n) is 15.8. The Morgan fingerprint density at radius 3 is 1.73 bits per heavy atom. The lowest BCUT2D eigenvalue weighted by molar-refractivity contribution is 0.0894.